The maximum absolute atomic E-state index is 13.3. The Bertz CT molecular complexity index is 1410. The number of thioether (sulfide) groups is 1. The first-order valence-electron chi connectivity index (χ1n) is 11.9. The van der Waals surface area contributed by atoms with Crippen LogP contribution in [-0.4, -0.2) is 33.3 Å². The highest BCUT2D eigenvalue weighted by molar-refractivity contribution is 8.00. The van der Waals surface area contributed by atoms with Crippen LogP contribution in [0.1, 0.15) is 35.8 Å². The number of anilines is 1. The molecule has 0 saturated carbocycles. The molecule has 6 nitrogen and oxygen atoms in total. The van der Waals surface area contributed by atoms with Gasteiger partial charge < -0.3 is 15.1 Å². The van der Waals surface area contributed by atoms with E-state index in [1.54, 1.807) is 35.4 Å². The van der Waals surface area contributed by atoms with E-state index in [0.717, 1.165) is 16.7 Å². The Balaban J connectivity index is 1.55. The minimum Gasteiger partial charge on any atom is -0.508 e. The zero-order chi connectivity index (χ0) is 27.2. The van der Waals surface area contributed by atoms with Gasteiger partial charge in [-0.05, 0) is 65.6 Å². The van der Waals surface area contributed by atoms with Crippen LogP contribution in [0.5, 0.6) is 5.75 Å². The number of benzene rings is 3. The molecule has 1 heterocycles. The molecule has 1 saturated heterocycles. The van der Waals surface area contributed by atoms with Crippen LogP contribution in [0.2, 0.25) is 0 Å². The average molecular weight is 528 g/mol. The van der Waals surface area contributed by atoms with E-state index in [-0.39, 0.29) is 35.0 Å². The first-order valence-corrected chi connectivity index (χ1v) is 12.9. The number of aromatic hydroxyl groups is 1. The van der Waals surface area contributed by atoms with Crippen LogP contribution in [0.25, 0.3) is 5.57 Å². The molecule has 3 aromatic rings. The molecule has 2 unspecified atom stereocenters. The molecule has 8 heteroatoms. The summed E-state index contributed by atoms with van der Waals surface area (Å²) in [6.07, 6.45) is 2.60. The molecule has 3 atom stereocenters. The van der Waals surface area contributed by atoms with Crippen molar-refractivity contribution in [2.75, 3.05) is 10.7 Å². The molecule has 4 rings (SSSR count). The van der Waals surface area contributed by atoms with Gasteiger partial charge in [-0.3, -0.25) is 4.79 Å². The van der Waals surface area contributed by atoms with Crippen LogP contribution >= 0.6 is 11.8 Å². The van der Waals surface area contributed by atoms with Gasteiger partial charge in [0.2, 0.25) is 5.91 Å². The number of hydrogen-bond donors (Lipinski definition) is 2. The third-order valence-corrected chi connectivity index (χ3v) is 7.57. The molecular weight excluding hydrogens is 501 g/mol. The number of allylic oxidation sites excluding steroid dienone is 3. The van der Waals surface area contributed by atoms with Crippen molar-refractivity contribution in [2.45, 2.75) is 24.3 Å². The first kappa shape index (κ1) is 26.9. The lowest BCUT2D eigenvalue weighted by Crippen LogP contribution is -2.57. The zero-order valence-corrected chi connectivity index (χ0v) is 21.5. The fourth-order valence-electron chi connectivity index (χ4n) is 4.19. The lowest BCUT2D eigenvalue weighted by Gasteiger charge is -2.47. The van der Waals surface area contributed by atoms with Gasteiger partial charge in [0.15, 0.2) is 0 Å². The topological polar surface area (TPSA) is 96.9 Å². The number of hydrogen-bond acceptors (Lipinski definition) is 6. The highest BCUT2D eigenvalue weighted by Crippen LogP contribution is 2.46. The van der Waals surface area contributed by atoms with Crippen molar-refractivity contribution < 1.29 is 19.4 Å². The number of carbonyl (C=O) groups excluding carboxylic acids is 1. The Morgan fingerprint density at radius 2 is 1.82 bits per heavy atom. The standard InChI is InChI=1S/C30H26FN3O3S/c1-3-20(17-33-19(2)16-32)21-6-12-25(13-7-21)34-28(23-8-14-26(35)15-9-23)29(30(34)37)38-18-27(36)22-4-10-24(31)11-5-22/h3-15,17,27-29,35-36H,2,18H2,1H3/b20-3+,33-17?/t27?,28?,29-/m1/s1. The van der Waals surface area contributed by atoms with E-state index in [4.69, 9.17) is 5.26 Å². The Hall–Kier alpha value is -4.19. The fourth-order valence-corrected chi connectivity index (χ4v) is 5.49. The van der Waals surface area contributed by atoms with E-state index in [1.807, 2.05) is 43.3 Å². The summed E-state index contributed by atoms with van der Waals surface area (Å²) in [6.45, 7) is 5.42. The van der Waals surface area contributed by atoms with Gasteiger partial charge in [-0.1, -0.05) is 49.1 Å². The molecule has 3 aromatic carbocycles. The van der Waals surface area contributed by atoms with Gasteiger partial charge in [-0.25, -0.2) is 9.38 Å². The number of nitriles is 1. The van der Waals surface area contributed by atoms with Gasteiger partial charge in [0, 0.05) is 17.7 Å². The van der Waals surface area contributed by atoms with E-state index in [1.165, 1.54) is 36.0 Å². The predicted octanol–water partition coefficient (Wildman–Crippen LogP) is 5.97. The molecule has 1 aliphatic rings. The Morgan fingerprint density at radius 1 is 1.16 bits per heavy atom. The monoisotopic (exact) mass is 527 g/mol. The summed E-state index contributed by atoms with van der Waals surface area (Å²) in [5.41, 5.74) is 3.94. The third-order valence-electron chi connectivity index (χ3n) is 6.25. The number of phenols is 1. The Morgan fingerprint density at radius 3 is 2.42 bits per heavy atom. The molecule has 1 fully saturated rings. The number of phenolic OH excluding ortho intramolecular Hbond substituents is 1. The van der Waals surface area contributed by atoms with Crippen molar-refractivity contribution >= 4 is 35.1 Å². The van der Waals surface area contributed by atoms with E-state index < -0.39 is 11.4 Å². The summed E-state index contributed by atoms with van der Waals surface area (Å²) in [5.74, 6) is -0.0732. The maximum atomic E-state index is 13.3. The van der Waals surface area contributed by atoms with Crippen molar-refractivity contribution in [1.82, 2.24) is 0 Å². The number of aliphatic imine (C=N–C) groups is 1. The number of nitrogens with zero attached hydrogens (tertiary/aromatic N) is 3. The van der Waals surface area contributed by atoms with Crippen LogP contribution in [0.15, 0.2) is 96.1 Å². The van der Waals surface area contributed by atoms with Gasteiger partial charge in [0.1, 0.15) is 28.6 Å². The van der Waals surface area contributed by atoms with Crippen molar-refractivity contribution in [3.05, 3.63) is 114 Å². The Kier molecular flexibility index (Phi) is 8.41. The second kappa shape index (κ2) is 11.9. The molecule has 1 amide bonds. The molecule has 0 aliphatic carbocycles. The molecule has 0 bridgehead atoms. The molecule has 192 valence electrons. The highest BCUT2D eigenvalue weighted by atomic mass is 32.2. The summed E-state index contributed by atoms with van der Waals surface area (Å²) in [7, 11) is 0. The minimum atomic E-state index is -0.847. The number of β-lactam (4-membered cyclic amide) rings is 1. The second-order valence-corrected chi connectivity index (χ2v) is 9.85. The summed E-state index contributed by atoms with van der Waals surface area (Å²) in [4.78, 5) is 19.1. The molecular formula is C30H26FN3O3S. The molecule has 0 spiro atoms. The van der Waals surface area contributed by atoms with Gasteiger partial charge >= 0.3 is 0 Å². The SMILES string of the molecule is C=C(C#N)N=C/C(=C\C)c1ccc(N2C(=O)[C@H](SCC(O)c3ccc(F)cc3)C2c2ccc(O)cc2)cc1. The predicted molar refractivity (Wildman–Crippen MR) is 149 cm³/mol. The number of carbonyl (C=O) groups is 1. The number of aliphatic hydroxyl groups excluding tert-OH is 1. The van der Waals surface area contributed by atoms with Gasteiger partial charge in [0.05, 0.1) is 12.1 Å². The van der Waals surface area contributed by atoms with Crippen LogP contribution in [-0.2, 0) is 4.79 Å². The second-order valence-electron chi connectivity index (χ2n) is 8.67. The molecule has 2 N–H and O–H groups in total. The number of rotatable bonds is 9. The van der Waals surface area contributed by atoms with E-state index in [2.05, 4.69) is 11.6 Å². The average Bonchev–Trinajstić information content (AvgIpc) is 2.93. The van der Waals surface area contributed by atoms with Crippen LogP contribution in [0.3, 0.4) is 0 Å². The zero-order valence-electron chi connectivity index (χ0n) is 20.7. The van der Waals surface area contributed by atoms with Gasteiger partial charge in [0.25, 0.3) is 0 Å². The molecule has 38 heavy (non-hydrogen) atoms. The largest absolute Gasteiger partial charge is 0.508 e. The normalized spacial score (nSPS) is 18.2. The van der Waals surface area contributed by atoms with Crippen LogP contribution in [0.4, 0.5) is 10.1 Å². The lowest BCUT2D eigenvalue weighted by atomic mass is 9.92. The van der Waals surface area contributed by atoms with Crippen LogP contribution < -0.4 is 4.90 Å². The van der Waals surface area contributed by atoms with Crippen molar-refractivity contribution in [3.63, 3.8) is 0 Å². The highest BCUT2D eigenvalue weighted by Gasteiger charge is 2.49. The van der Waals surface area contributed by atoms with Crippen LogP contribution in [0, 0.1) is 17.1 Å². The quantitative estimate of drug-likeness (QED) is 0.203. The van der Waals surface area contributed by atoms with Gasteiger partial charge in [-0.2, -0.15) is 5.26 Å². The fraction of sp³-hybridized carbons (Fsp3) is 0.167. The molecule has 0 radical (unpaired) electrons. The number of amides is 1. The smallest absolute Gasteiger partial charge is 0.243 e. The lowest BCUT2D eigenvalue weighted by molar-refractivity contribution is -0.123. The van der Waals surface area contributed by atoms with Crippen molar-refractivity contribution in [2.24, 2.45) is 4.99 Å². The minimum absolute atomic E-state index is 0.0923. The van der Waals surface area contributed by atoms with Crippen molar-refractivity contribution in [3.8, 4) is 11.8 Å². The van der Waals surface area contributed by atoms with Crippen molar-refractivity contribution in [1.29, 1.82) is 5.26 Å². The summed E-state index contributed by atoms with van der Waals surface area (Å²) in [5, 5.41) is 28.8. The first-order chi connectivity index (χ1) is 18.3. The summed E-state index contributed by atoms with van der Waals surface area (Å²) in [6, 6.07) is 21.5. The number of aliphatic hydroxyl groups is 1. The Labute approximate surface area is 225 Å². The van der Waals surface area contributed by atoms with E-state index in [9.17, 15) is 19.4 Å². The maximum Gasteiger partial charge on any atom is 0.243 e. The summed E-state index contributed by atoms with van der Waals surface area (Å²) < 4.78 is 13.2. The summed E-state index contributed by atoms with van der Waals surface area (Å²) >= 11 is 1.35. The molecule has 1 aliphatic heterocycles. The van der Waals surface area contributed by atoms with E-state index >= 15 is 0 Å². The third kappa shape index (κ3) is 5.86. The van der Waals surface area contributed by atoms with Gasteiger partial charge in [-0.15, -0.1) is 11.8 Å². The number of halogens is 1. The molecule has 0 aromatic heterocycles. The van der Waals surface area contributed by atoms with E-state index in [0.29, 0.717) is 11.3 Å².